The maximum absolute atomic E-state index is 12.7. The average Bonchev–Trinajstić information content (AvgIpc) is 3.05. The Bertz CT molecular complexity index is 769. The second-order valence-electron chi connectivity index (χ2n) is 6.14. The smallest absolute Gasteiger partial charge is 0.257 e. The molecule has 7 nitrogen and oxygen atoms in total. The number of nitrogens with zero attached hydrogens (tertiary/aromatic N) is 3. The van der Waals surface area contributed by atoms with Crippen molar-refractivity contribution in [3.63, 3.8) is 0 Å². The Balaban J connectivity index is 1.84. The third-order valence-electron chi connectivity index (χ3n) is 4.38. The number of amides is 2. The van der Waals surface area contributed by atoms with E-state index < -0.39 is 12.1 Å². The van der Waals surface area contributed by atoms with E-state index in [1.807, 2.05) is 38.1 Å². The highest BCUT2D eigenvalue weighted by atomic mass is 16.5. The Morgan fingerprint density at radius 3 is 2.68 bits per heavy atom. The largest absolute Gasteiger partial charge is 0.356 e. The van der Waals surface area contributed by atoms with Gasteiger partial charge in [-0.05, 0) is 19.4 Å². The topological polar surface area (TPSA) is 76.5 Å². The molecule has 0 unspecified atom stereocenters. The molecule has 0 radical (unpaired) electrons. The summed E-state index contributed by atoms with van der Waals surface area (Å²) in [6.07, 6.45) is 1.00. The predicted molar refractivity (Wildman–Crippen MR) is 93.0 cm³/mol. The van der Waals surface area contributed by atoms with Crippen LogP contribution in [0, 0.1) is 6.92 Å². The summed E-state index contributed by atoms with van der Waals surface area (Å²) >= 11 is 0. The minimum absolute atomic E-state index is 0.111. The van der Waals surface area contributed by atoms with E-state index in [9.17, 15) is 9.59 Å². The lowest BCUT2D eigenvalue weighted by molar-refractivity contribution is -0.160. The lowest BCUT2D eigenvalue weighted by atomic mass is 9.97. The monoisotopic (exact) mass is 342 g/mol. The molecule has 7 heteroatoms. The fourth-order valence-corrected chi connectivity index (χ4v) is 2.90. The van der Waals surface area contributed by atoms with Crippen LogP contribution in [0.3, 0.4) is 0 Å². The number of benzene rings is 1. The number of carbonyl (C=O) groups excluding carboxylic acids is 2. The highest BCUT2D eigenvalue weighted by Crippen LogP contribution is 2.30. The summed E-state index contributed by atoms with van der Waals surface area (Å²) in [6, 6.07) is 9.02. The number of rotatable bonds is 4. The molecule has 3 rings (SSSR count). The second-order valence-corrected chi connectivity index (χ2v) is 6.14. The highest BCUT2D eigenvalue weighted by molar-refractivity contribution is 5.95. The van der Waals surface area contributed by atoms with Crippen LogP contribution < -0.4 is 5.32 Å². The molecule has 2 aromatic rings. The first-order valence-electron chi connectivity index (χ1n) is 8.27. The van der Waals surface area contributed by atoms with Crippen molar-refractivity contribution in [2.45, 2.75) is 32.5 Å². The molecule has 1 aliphatic heterocycles. The van der Waals surface area contributed by atoms with E-state index in [-0.39, 0.29) is 18.4 Å². The standard InChI is InChI=1S/C18H22N4O3/c1-4-22-10-9-14(20-22)19-18(24)17-16(21(3)15(23)11-25-17)13-7-5-12(2)6-8-13/h5-10,16-17H,4,11H2,1-3H3,(H,19,20,24)/t16-,17-/m1/s1. The van der Waals surface area contributed by atoms with E-state index in [1.54, 1.807) is 28.9 Å². The van der Waals surface area contributed by atoms with Gasteiger partial charge in [0.25, 0.3) is 5.91 Å². The molecule has 2 atom stereocenters. The first-order chi connectivity index (χ1) is 12.0. The van der Waals surface area contributed by atoms with Crippen molar-refractivity contribution in [3.05, 3.63) is 47.7 Å². The molecule has 0 spiro atoms. The molecule has 1 fully saturated rings. The third-order valence-corrected chi connectivity index (χ3v) is 4.38. The van der Waals surface area contributed by atoms with Crippen molar-refractivity contribution in [2.24, 2.45) is 0 Å². The lowest BCUT2D eigenvalue weighted by Gasteiger charge is -2.38. The van der Waals surface area contributed by atoms with Crippen LogP contribution >= 0.6 is 0 Å². The normalized spacial score (nSPS) is 20.6. The molecule has 0 saturated carbocycles. The van der Waals surface area contributed by atoms with Gasteiger partial charge in [0.15, 0.2) is 11.9 Å². The molecule has 0 aliphatic carbocycles. The minimum Gasteiger partial charge on any atom is -0.356 e. The minimum atomic E-state index is -0.794. The van der Waals surface area contributed by atoms with Crippen LogP contribution in [0.5, 0.6) is 0 Å². The van der Waals surface area contributed by atoms with Gasteiger partial charge in [-0.25, -0.2) is 0 Å². The lowest BCUT2D eigenvalue weighted by Crippen LogP contribution is -2.51. The Hall–Kier alpha value is -2.67. The average molecular weight is 342 g/mol. The SMILES string of the molecule is CCn1ccc(NC(=O)[C@@H]2OCC(=O)N(C)[C@@H]2c2ccc(C)cc2)n1. The number of morpholine rings is 1. The van der Waals surface area contributed by atoms with Crippen molar-refractivity contribution < 1.29 is 14.3 Å². The van der Waals surface area contributed by atoms with Crippen molar-refractivity contribution >= 4 is 17.6 Å². The quantitative estimate of drug-likeness (QED) is 0.918. The number of aryl methyl sites for hydroxylation is 2. The third kappa shape index (κ3) is 3.56. The van der Waals surface area contributed by atoms with Gasteiger partial charge >= 0.3 is 0 Å². The van der Waals surface area contributed by atoms with E-state index in [4.69, 9.17) is 4.74 Å². The van der Waals surface area contributed by atoms with Crippen LogP contribution in [-0.2, 0) is 20.9 Å². The van der Waals surface area contributed by atoms with Gasteiger partial charge in [-0.15, -0.1) is 0 Å². The van der Waals surface area contributed by atoms with E-state index in [0.29, 0.717) is 5.82 Å². The molecule has 2 heterocycles. The molecule has 2 amide bonds. The first-order valence-corrected chi connectivity index (χ1v) is 8.27. The van der Waals surface area contributed by atoms with E-state index >= 15 is 0 Å². The second kappa shape index (κ2) is 7.06. The zero-order valence-corrected chi connectivity index (χ0v) is 14.6. The molecule has 1 N–H and O–H groups in total. The summed E-state index contributed by atoms with van der Waals surface area (Å²) < 4.78 is 7.31. The van der Waals surface area contributed by atoms with Crippen LogP contribution in [0.1, 0.15) is 24.1 Å². The molecule has 1 saturated heterocycles. The molecule has 25 heavy (non-hydrogen) atoms. The Kier molecular flexibility index (Phi) is 4.85. The number of likely N-dealkylation sites (N-methyl/N-ethyl adjacent to an activating group) is 1. The molecule has 1 aliphatic rings. The van der Waals surface area contributed by atoms with Gasteiger partial charge in [0, 0.05) is 25.9 Å². The van der Waals surface area contributed by atoms with Crippen molar-refractivity contribution in [1.29, 1.82) is 0 Å². The molecular weight excluding hydrogens is 320 g/mol. The molecule has 132 valence electrons. The zero-order chi connectivity index (χ0) is 18.0. The molecule has 0 bridgehead atoms. The van der Waals surface area contributed by atoms with Crippen LogP contribution in [-0.4, -0.2) is 46.3 Å². The van der Waals surface area contributed by atoms with E-state index in [2.05, 4.69) is 10.4 Å². The molecule has 1 aromatic carbocycles. The van der Waals surface area contributed by atoms with Gasteiger partial charge in [-0.1, -0.05) is 29.8 Å². The van der Waals surface area contributed by atoms with Gasteiger partial charge in [0.05, 0.1) is 6.04 Å². The number of anilines is 1. The summed E-state index contributed by atoms with van der Waals surface area (Å²) in [4.78, 5) is 26.4. The van der Waals surface area contributed by atoms with Crippen molar-refractivity contribution in [2.75, 3.05) is 19.0 Å². The van der Waals surface area contributed by atoms with Crippen molar-refractivity contribution in [3.8, 4) is 0 Å². The fourth-order valence-electron chi connectivity index (χ4n) is 2.90. The summed E-state index contributed by atoms with van der Waals surface area (Å²) in [6.45, 7) is 4.57. The number of nitrogens with one attached hydrogen (secondary N) is 1. The summed E-state index contributed by atoms with van der Waals surface area (Å²) in [5, 5.41) is 7.03. The Morgan fingerprint density at radius 1 is 1.32 bits per heavy atom. The first kappa shape index (κ1) is 17.2. The molecular formula is C18H22N4O3. The Morgan fingerprint density at radius 2 is 2.04 bits per heavy atom. The van der Waals surface area contributed by atoms with Crippen LogP contribution in [0.4, 0.5) is 5.82 Å². The Labute approximate surface area is 146 Å². The summed E-state index contributed by atoms with van der Waals surface area (Å²) in [5.41, 5.74) is 1.97. The zero-order valence-electron chi connectivity index (χ0n) is 14.6. The number of ether oxygens (including phenoxy) is 1. The fraction of sp³-hybridized carbons (Fsp3) is 0.389. The van der Waals surface area contributed by atoms with E-state index in [1.165, 1.54) is 0 Å². The maximum atomic E-state index is 12.7. The summed E-state index contributed by atoms with van der Waals surface area (Å²) in [7, 11) is 1.70. The van der Waals surface area contributed by atoms with Crippen LogP contribution in [0.25, 0.3) is 0 Å². The van der Waals surface area contributed by atoms with Gasteiger partial charge in [0.1, 0.15) is 6.61 Å². The summed E-state index contributed by atoms with van der Waals surface area (Å²) in [5.74, 6) is 0.00817. The maximum Gasteiger partial charge on any atom is 0.257 e. The van der Waals surface area contributed by atoms with Crippen molar-refractivity contribution in [1.82, 2.24) is 14.7 Å². The van der Waals surface area contributed by atoms with Crippen LogP contribution in [0.2, 0.25) is 0 Å². The number of aromatic nitrogens is 2. The number of carbonyl (C=O) groups is 2. The van der Waals surface area contributed by atoms with Gasteiger partial charge < -0.3 is 15.0 Å². The van der Waals surface area contributed by atoms with Gasteiger partial charge in [-0.2, -0.15) is 5.10 Å². The van der Waals surface area contributed by atoms with Gasteiger partial charge in [-0.3, -0.25) is 14.3 Å². The van der Waals surface area contributed by atoms with Gasteiger partial charge in [0.2, 0.25) is 5.91 Å². The highest BCUT2D eigenvalue weighted by Gasteiger charge is 2.40. The molecule has 1 aromatic heterocycles. The predicted octanol–water partition coefficient (Wildman–Crippen LogP) is 1.75. The number of hydrogen-bond donors (Lipinski definition) is 1. The van der Waals surface area contributed by atoms with Crippen LogP contribution in [0.15, 0.2) is 36.5 Å². The number of hydrogen-bond acceptors (Lipinski definition) is 4. The van der Waals surface area contributed by atoms with E-state index in [0.717, 1.165) is 17.7 Å².